The van der Waals surface area contributed by atoms with Crippen LogP contribution in [0.1, 0.15) is 213 Å². The fourth-order valence-corrected chi connectivity index (χ4v) is 26.6. The quantitative estimate of drug-likeness (QED) is 0.0302. The summed E-state index contributed by atoms with van der Waals surface area (Å²) in [5.74, 6) is 3.58. The van der Waals surface area contributed by atoms with Crippen LogP contribution in [-0.4, -0.2) is 172 Å². The molecule has 0 unspecified atom stereocenters. The number of fused-ring (bicyclic) bond motifs is 8. The van der Waals surface area contributed by atoms with Gasteiger partial charge in [0.2, 0.25) is 23.1 Å². The van der Waals surface area contributed by atoms with Gasteiger partial charge in [0.1, 0.15) is 17.5 Å². The topological polar surface area (TPSA) is 424 Å². The van der Waals surface area contributed by atoms with Crippen molar-refractivity contribution in [1.82, 2.24) is 112 Å². The number of piperidine rings is 4. The van der Waals surface area contributed by atoms with Crippen LogP contribution in [0.15, 0.2) is 218 Å². The fourth-order valence-electron chi connectivity index (χ4n) is 20.3. The molecule has 4 fully saturated rings. The molecule has 19 heterocycles. The number of hydrogen-bond donors (Lipinski definition) is 8. The van der Waals surface area contributed by atoms with E-state index < -0.39 is 33.0 Å². The molecule has 0 bridgehead atoms. The standard InChI is InChI=1S/C27H31ClN8OS2.C23H23ClN8S.C22H27BrN6OS.C16H25N3OS.C6H3BrClN3.C5H5ClN2S.4CH4.ClH.Na/c1-26(2,3)39(37)34-22-17-5-4-9-30-18(17)15-27(22)7-12-35(13-8-27)25-33-16-20(24-32-11-14-36(24)25)38-19-6-10-31-23(29)21(19)28;24-18-16(3-7-28-20(18)26)33-17-13-30-22(32-11-8-29-21(17)32)31-9-4-23(5-10-31)12-15-14(19(23)25)2-1-6-27-15;1-21(2,3)31(30)27-18-15-5-4-8-24-17(15)13-22(18)6-10-28(11-7-22)20-26-14-16(23)19-25-9-12-29(19)20;1-15(2,3)21(20)19-14-12-5-4-8-18-13(12)11-16(14)6-9-17-10-7-16;7-4-3-10-6(8)11-2-1-9-5(4)11;6-4-3(9)1-2-8-5(4)7;;;;;;/h4-6,9-11,14,16,22,34H,7-8,12-13,15H2,1-3H3,(H2,29,31);1-3,6-8,11,13,19H,4-5,9-10,12,25H2,(H2,26,28);4-5,8-9,12,14,18,27H,6-7,10-11,13H2,1-3H3;4-5,8,14,17,19H,6-7,9-11H2,1-3H3;1-3H;1-2H,(H3,7,8,9);4*1H4;1H;/q;;;;;;;;;;;+1/p-1/t22-,39+;19-;18-,31+;14-,21+;;;;;;;;/m0000......../s1. The van der Waals surface area contributed by atoms with Crippen LogP contribution in [-0.2, 0) is 71.3 Å². The molecule has 150 heavy (non-hydrogen) atoms. The predicted molar refractivity (Wildman–Crippen MR) is 618 cm³/mol. The van der Waals surface area contributed by atoms with Gasteiger partial charge in [0, 0.05) is 196 Å². The second-order valence-electron chi connectivity index (χ2n) is 40.1. The SMILES string of the molecule is C.C.C.C.CC(C)(C)[S@@](=O)N[C@H]1c2cccnc2CC12CCN(c1ncc(Br)c3nccn13)CC2.CC(C)(C)[S@@](=O)N[C@H]1c2cccnc2CC12CCN(c1ncc(Sc3ccnc(N)c3Cl)c3nccn13)CC2.CC(C)(C)[S@@](=O)N[C@H]1c2cccnc2CC12CCNCC2.Cl.Clc1ncc(Br)c2nccn12.Nc1nccc(Sc2cnc(N3CCC4(CC3)Cc3ncccc3[C@@H]4N)n3ccnc23)c1Cl.Nc1nccc([S-])c1Cl.[Na+]. The molecule has 796 valence electrons. The summed E-state index contributed by atoms with van der Waals surface area (Å²) in [5, 5.41) is 5.10. The van der Waals surface area contributed by atoms with Crippen LogP contribution < -0.4 is 86.7 Å². The Morgan fingerprint density at radius 2 is 0.693 bits per heavy atom. The number of nitrogen functional groups attached to an aromatic ring is 3. The van der Waals surface area contributed by atoms with Gasteiger partial charge in [-0.2, -0.15) is 4.90 Å². The van der Waals surface area contributed by atoms with Crippen molar-refractivity contribution in [3.63, 3.8) is 0 Å². The average Bonchev–Trinajstić information content (AvgIpc) is 1.60. The number of anilines is 6. The van der Waals surface area contributed by atoms with Gasteiger partial charge in [-0.1, -0.05) is 118 Å². The van der Waals surface area contributed by atoms with E-state index in [-0.39, 0.29) is 132 Å². The summed E-state index contributed by atoms with van der Waals surface area (Å²) in [4.78, 5) is 77.3. The zero-order valence-electron chi connectivity index (χ0n) is 82.3. The summed E-state index contributed by atoms with van der Waals surface area (Å²) in [5.41, 5.74) is 36.7. The number of rotatable bonds is 13. The Morgan fingerprint density at radius 1 is 0.387 bits per heavy atom. The smallest absolute Gasteiger partial charge is 0.778 e. The number of pyridine rings is 7. The van der Waals surface area contributed by atoms with Crippen LogP contribution in [0.4, 0.5) is 35.3 Å². The summed E-state index contributed by atoms with van der Waals surface area (Å²) >= 11 is 38.7. The van der Waals surface area contributed by atoms with Gasteiger partial charge < -0.3 is 55.6 Å². The van der Waals surface area contributed by atoms with E-state index in [1.54, 1.807) is 60.0 Å². The molecule has 4 saturated heterocycles. The summed E-state index contributed by atoms with van der Waals surface area (Å²) in [6, 6.07) is 22.1. The van der Waals surface area contributed by atoms with Gasteiger partial charge in [0.05, 0.1) is 99.1 Å². The number of aromatic nitrogens is 19. The number of nitrogens with one attached hydrogen (secondary N) is 4. The van der Waals surface area contributed by atoms with Crippen LogP contribution in [0.2, 0.25) is 20.4 Å². The molecule has 33 nitrogen and oxygen atoms in total. The van der Waals surface area contributed by atoms with E-state index in [1.807, 2.05) is 174 Å². The van der Waals surface area contributed by atoms with Gasteiger partial charge in [-0.05, 0) is 276 Å². The van der Waals surface area contributed by atoms with Crippen LogP contribution in [0.3, 0.4) is 0 Å². The van der Waals surface area contributed by atoms with Crippen molar-refractivity contribution in [3.05, 3.63) is 259 Å². The van der Waals surface area contributed by atoms with E-state index in [2.05, 4.69) is 150 Å². The van der Waals surface area contributed by atoms with Gasteiger partial charge in [-0.25, -0.2) is 81.6 Å². The molecule has 47 heteroatoms. The molecule has 4 aliphatic carbocycles. The number of halogens is 7. The van der Waals surface area contributed by atoms with Crippen molar-refractivity contribution in [2.45, 2.75) is 232 Å². The van der Waals surface area contributed by atoms with Crippen molar-refractivity contribution in [3.8, 4) is 0 Å². The van der Waals surface area contributed by atoms with Gasteiger partial charge in [-0.3, -0.25) is 37.5 Å². The van der Waals surface area contributed by atoms with Crippen molar-refractivity contribution >= 4 is 218 Å². The van der Waals surface area contributed by atoms with E-state index in [9.17, 15) is 12.6 Å². The Morgan fingerprint density at radius 3 is 1.05 bits per heavy atom. The molecule has 4 spiro atoms. The number of nitrogens with two attached hydrogens (primary N) is 4. The third kappa shape index (κ3) is 25.4. The van der Waals surface area contributed by atoms with Gasteiger partial charge in [0.25, 0.3) is 0 Å². The zero-order chi connectivity index (χ0) is 102. The molecular formula is C103H130Br2Cl5N30NaO3S6. The minimum atomic E-state index is -1.18. The van der Waals surface area contributed by atoms with Crippen molar-refractivity contribution in [2.24, 2.45) is 27.4 Å². The second-order valence-corrected chi connectivity index (χ2v) is 51.9. The Hall–Kier alpha value is -8.09. The number of imidazole rings is 4. The molecule has 0 saturated carbocycles. The monoisotopic (exact) mass is 2380 g/mol. The first kappa shape index (κ1) is 121. The van der Waals surface area contributed by atoms with E-state index in [4.69, 9.17) is 96.9 Å². The van der Waals surface area contributed by atoms with Crippen molar-refractivity contribution < 1.29 is 42.2 Å². The van der Waals surface area contributed by atoms with Gasteiger partial charge >= 0.3 is 29.6 Å². The maximum absolute atomic E-state index is 13.2. The van der Waals surface area contributed by atoms with E-state index in [0.29, 0.717) is 42.7 Å². The zero-order valence-corrected chi connectivity index (χ0v) is 96.2. The van der Waals surface area contributed by atoms with Gasteiger partial charge in [0.15, 0.2) is 22.6 Å². The summed E-state index contributed by atoms with van der Waals surface area (Å²) < 4.78 is 57.9. The minimum absolute atomic E-state index is 0. The third-order valence-corrected chi connectivity index (χ3v) is 38.2. The van der Waals surface area contributed by atoms with Crippen LogP contribution in [0.25, 0.3) is 22.6 Å². The number of nitrogens with zero attached hydrogens (tertiary/aromatic N) is 22. The van der Waals surface area contributed by atoms with Crippen LogP contribution in [0.5, 0.6) is 0 Å². The average molecular weight is 2390 g/mol. The Labute approximate surface area is 964 Å². The number of hydrogen-bond acceptors (Lipinski definition) is 29. The molecule has 0 aromatic carbocycles. The maximum atomic E-state index is 13.2. The van der Waals surface area contributed by atoms with E-state index >= 15 is 0 Å². The predicted octanol–water partition coefficient (Wildman–Crippen LogP) is 17.9. The second kappa shape index (κ2) is 50.4. The van der Waals surface area contributed by atoms with E-state index in [0.717, 1.165) is 215 Å². The van der Waals surface area contributed by atoms with Crippen LogP contribution >= 0.6 is 114 Å². The summed E-state index contributed by atoms with van der Waals surface area (Å²) in [6.45, 7) is 25.4. The summed E-state index contributed by atoms with van der Waals surface area (Å²) in [6.07, 6.45) is 46.0. The molecule has 4 aliphatic heterocycles. The molecule has 0 amide bonds. The first-order valence-electron chi connectivity index (χ1n) is 47.4. The van der Waals surface area contributed by atoms with Crippen molar-refractivity contribution in [2.75, 3.05) is 84.3 Å². The summed E-state index contributed by atoms with van der Waals surface area (Å²) in [7, 11) is -3.39. The molecule has 7 atom stereocenters. The maximum Gasteiger partial charge on any atom is 1.00 e. The van der Waals surface area contributed by atoms with Crippen molar-refractivity contribution in [1.29, 1.82) is 0 Å². The molecule has 0 radical (unpaired) electrons. The molecule has 12 N–H and O–H groups in total. The molecule has 15 aromatic heterocycles. The normalized spacial score (nSPS) is 18.7. The Kier molecular flexibility index (Phi) is 40.5. The third-order valence-electron chi connectivity index (χ3n) is 28.1. The minimum Gasteiger partial charge on any atom is -0.778 e. The Balaban J connectivity index is 0.000000166. The van der Waals surface area contributed by atoms with E-state index in [1.165, 1.54) is 57.7 Å². The molecular weight excluding hydrogens is 2260 g/mol. The Bertz CT molecular complexity index is 7240. The molecule has 23 rings (SSSR count). The largest absolute Gasteiger partial charge is 1.00 e. The molecule has 15 aromatic rings. The molecule has 8 aliphatic rings. The first-order chi connectivity index (χ1) is 68.9. The first-order valence-corrected chi connectivity index (χ1v) is 56.0. The van der Waals surface area contributed by atoms with Crippen LogP contribution in [0, 0.1) is 21.7 Å². The van der Waals surface area contributed by atoms with Gasteiger partial charge in [-0.15, -0.1) is 12.4 Å². The fraction of sp³-hybridized carbons (Fsp3) is 0.427.